The molecule has 0 amide bonds. The van der Waals surface area contributed by atoms with Gasteiger partial charge in [-0.05, 0) is 43.0 Å². The molecule has 1 aromatic heterocycles. The second kappa shape index (κ2) is 4.67. The van der Waals surface area contributed by atoms with Crippen molar-refractivity contribution in [1.82, 2.24) is 4.98 Å². The monoisotopic (exact) mass is 210 g/mol. The molecular weight excluding hydrogens is 196 g/mol. The van der Waals surface area contributed by atoms with Gasteiger partial charge in [0.15, 0.2) is 0 Å². The SMILES string of the molecule is C=CCCCc1c[nH]c2ccc(C#N)cc12. The van der Waals surface area contributed by atoms with Gasteiger partial charge < -0.3 is 4.98 Å². The zero-order valence-electron chi connectivity index (χ0n) is 9.16. The first kappa shape index (κ1) is 10.5. The number of aryl methyl sites for hydroxylation is 1. The molecule has 1 aromatic carbocycles. The van der Waals surface area contributed by atoms with Gasteiger partial charge in [-0.3, -0.25) is 0 Å². The van der Waals surface area contributed by atoms with E-state index < -0.39 is 0 Å². The highest BCUT2D eigenvalue weighted by atomic mass is 14.7. The lowest BCUT2D eigenvalue weighted by molar-refractivity contribution is 0.849. The van der Waals surface area contributed by atoms with Gasteiger partial charge >= 0.3 is 0 Å². The number of rotatable bonds is 4. The van der Waals surface area contributed by atoms with E-state index in [1.54, 1.807) is 0 Å². The van der Waals surface area contributed by atoms with E-state index in [1.807, 2.05) is 30.5 Å². The molecule has 2 heteroatoms. The van der Waals surface area contributed by atoms with E-state index in [-0.39, 0.29) is 0 Å². The molecule has 80 valence electrons. The number of nitrogens with one attached hydrogen (secondary N) is 1. The van der Waals surface area contributed by atoms with Gasteiger partial charge in [0, 0.05) is 17.1 Å². The molecule has 0 atom stereocenters. The standard InChI is InChI=1S/C14H14N2/c1-2-3-4-5-12-10-16-14-7-6-11(9-15)8-13(12)14/h2,6-8,10,16H,1,3-5H2. The van der Waals surface area contributed by atoms with Crippen LogP contribution in [0.25, 0.3) is 10.9 Å². The molecule has 0 fully saturated rings. The van der Waals surface area contributed by atoms with Crippen LogP contribution in [0.4, 0.5) is 0 Å². The first-order valence-electron chi connectivity index (χ1n) is 5.46. The lowest BCUT2D eigenvalue weighted by Crippen LogP contribution is -1.82. The summed E-state index contributed by atoms with van der Waals surface area (Å²) in [7, 11) is 0. The van der Waals surface area contributed by atoms with Crippen LogP contribution in [0.15, 0.2) is 37.1 Å². The van der Waals surface area contributed by atoms with Crippen LogP contribution in [0, 0.1) is 11.3 Å². The van der Waals surface area contributed by atoms with E-state index in [9.17, 15) is 0 Å². The van der Waals surface area contributed by atoms with Crippen molar-refractivity contribution in [2.45, 2.75) is 19.3 Å². The topological polar surface area (TPSA) is 39.6 Å². The van der Waals surface area contributed by atoms with E-state index in [4.69, 9.17) is 5.26 Å². The van der Waals surface area contributed by atoms with Crippen molar-refractivity contribution in [2.75, 3.05) is 0 Å². The average molecular weight is 210 g/mol. The number of unbranched alkanes of at least 4 members (excludes halogenated alkanes) is 1. The Labute approximate surface area is 95.2 Å². The maximum atomic E-state index is 8.87. The summed E-state index contributed by atoms with van der Waals surface area (Å²) in [6.07, 6.45) is 7.14. The number of nitriles is 1. The van der Waals surface area contributed by atoms with Gasteiger partial charge in [-0.25, -0.2) is 0 Å². The summed E-state index contributed by atoms with van der Waals surface area (Å²) < 4.78 is 0. The third-order valence-corrected chi connectivity index (χ3v) is 2.75. The maximum absolute atomic E-state index is 8.87. The van der Waals surface area contributed by atoms with Gasteiger partial charge in [0.1, 0.15) is 0 Å². The Morgan fingerprint density at radius 2 is 2.31 bits per heavy atom. The molecule has 0 aliphatic carbocycles. The minimum atomic E-state index is 0.720. The molecule has 0 saturated carbocycles. The number of aromatic nitrogens is 1. The summed E-state index contributed by atoms with van der Waals surface area (Å²) in [4.78, 5) is 3.23. The lowest BCUT2D eigenvalue weighted by atomic mass is 10.1. The van der Waals surface area contributed by atoms with E-state index in [0.717, 1.165) is 30.3 Å². The molecule has 1 N–H and O–H groups in total. The van der Waals surface area contributed by atoms with Crippen molar-refractivity contribution in [2.24, 2.45) is 0 Å². The fraction of sp³-hybridized carbons (Fsp3) is 0.214. The summed E-state index contributed by atoms with van der Waals surface area (Å²) in [5.74, 6) is 0. The number of hydrogen-bond acceptors (Lipinski definition) is 1. The van der Waals surface area contributed by atoms with Gasteiger partial charge in [0.25, 0.3) is 0 Å². The molecule has 2 nitrogen and oxygen atoms in total. The molecule has 0 bridgehead atoms. The molecule has 2 rings (SSSR count). The van der Waals surface area contributed by atoms with E-state index >= 15 is 0 Å². The smallest absolute Gasteiger partial charge is 0.0991 e. The minimum Gasteiger partial charge on any atom is -0.361 e. The van der Waals surface area contributed by atoms with Crippen LogP contribution >= 0.6 is 0 Å². The van der Waals surface area contributed by atoms with Crippen LogP contribution in [0.5, 0.6) is 0 Å². The quantitative estimate of drug-likeness (QED) is 0.608. The molecule has 0 unspecified atom stereocenters. The normalized spacial score (nSPS) is 10.2. The molecular formula is C14H14N2. The number of aromatic amines is 1. The molecule has 0 spiro atoms. The Morgan fingerprint density at radius 3 is 3.06 bits per heavy atom. The van der Waals surface area contributed by atoms with Gasteiger partial charge in [0.2, 0.25) is 0 Å². The first-order chi connectivity index (χ1) is 7.85. The zero-order chi connectivity index (χ0) is 11.4. The second-order valence-corrected chi connectivity index (χ2v) is 3.87. The highest BCUT2D eigenvalue weighted by Crippen LogP contribution is 2.21. The molecule has 16 heavy (non-hydrogen) atoms. The average Bonchev–Trinajstić information content (AvgIpc) is 2.72. The van der Waals surface area contributed by atoms with Crippen molar-refractivity contribution in [3.05, 3.63) is 48.2 Å². The van der Waals surface area contributed by atoms with Gasteiger partial charge in [-0.15, -0.1) is 6.58 Å². The number of allylic oxidation sites excluding steroid dienone is 1. The summed E-state index contributed by atoms with van der Waals surface area (Å²) >= 11 is 0. The zero-order valence-corrected chi connectivity index (χ0v) is 9.16. The fourth-order valence-corrected chi connectivity index (χ4v) is 1.89. The Hall–Kier alpha value is -2.01. The number of H-pyrrole nitrogens is 1. The Morgan fingerprint density at radius 1 is 1.44 bits per heavy atom. The van der Waals surface area contributed by atoms with Crippen molar-refractivity contribution in [1.29, 1.82) is 5.26 Å². The third-order valence-electron chi connectivity index (χ3n) is 2.75. The van der Waals surface area contributed by atoms with Crippen LogP contribution in [0.1, 0.15) is 24.0 Å². The predicted octanol–water partition coefficient (Wildman–Crippen LogP) is 3.55. The van der Waals surface area contributed by atoms with Crippen LogP contribution in [0.3, 0.4) is 0 Å². The highest BCUT2D eigenvalue weighted by Gasteiger charge is 2.03. The molecule has 0 aliphatic heterocycles. The summed E-state index contributed by atoms with van der Waals surface area (Å²) in [5.41, 5.74) is 3.11. The van der Waals surface area contributed by atoms with Crippen molar-refractivity contribution >= 4 is 10.9 Å². The molecule has 0 aliphatic rings. The van der Waals surface area contributed by atoms with E-state index in [1.165, 1.54) is 10.9 Å². The first-order valence-corrected chi connectivity index (χ1v) is 5.46. The third kappa shape index (κ3) is 1.99. The Kier molecular flexibility index (Phi) is 3.07. The van der Waals surface area contributed by atoms with Crippen molar-refractivity contribution in [3.8, 4) is 6.07 Å². The predicted molar refractivity (Wildman–Crippen MR) is 66.1 cm³/mol. The largest absolute Gasteiger partial charge is 0.361 e. The second-order valence-electron chi connectivity index (χ2n) is 3.87. The van der Waals surface area contributed by atoms with Crippen LogP contribution in [-0.2, 0) is 6.42 Å². The van der Waals surface area contributed by atoms with E-state index in [2.05, 4.69) is 17.6 Å². The number of hydrogen-bond donors (Lipinski definition) is 1. The Balaban J connectivity index is 2.31. The highest BCUT2D eigenvalue weighted by molar-refractivity contribution is 5.84. The molecule has 1 heterocycles. The van der Waals surface area contributed by atoms with Crippen LogP contribution in [-0.4, -0.2) is 4.98 Å². The van der Waals surface area contributed by atoms with Gasteiger partial charge in [0.05, 0.1) is 11.6 Å². The maximum Gasteiger partial charge on any atom is 0.0991 e. The molecule has 0 radical (unpaired) electrons. The van der Waals surface area contributed by atoms with Gasteiger partial charge in [-0.2, -0.15) is 5.26 Å². The number of benzene rings is 1. The van der Waals surface area contributed by atoms with Gasteiger partial charge in [-0.1, -0.05) is 6.08 Å². The minimum absolute atomic E-state index is 0.720. The fourth-order valence-electron chi connectivity index (χ4n) is 1.89. The molecule has 0 saturated heterocycles. The van der Waals surface area contributed by atoms with Crippen molar-refractivity contribution in [3.63, 3.8) is 0 Å². The van der Waals surface area contributed by atoms with Crippen LogP contribution < -0.4 is 0 Å². The lowest BCUT2D eigenvalue weighted by Gasteiger charge is -1.97. The van der Waals surface area contributed by atoms with Crippen LogP contribution in [0.2, 0.25) is 0 Å². The summed E-state index contributed by atoms with van der Waals surface area (Å²) in [5, 5.41) is 10.0. The Bertz CT molecular complexity index is 543. The van der Waals surface area contributed by atoms with E-state index in [0.29, 0.717) is 0 Å². The molecule has 2 aromatic rings. The number of fused-ring (bicyclic) bond motifs is 1. The number of nitrogens with zero attached hydrogens (tertiary/aromatic N) is 1. The summed E-state index contributed by atoms with van der Waals surface area (Å²) in [6.45, 7) is 3.72. The van der Waals surface area contributed by atoms with Crippen molar-refractivity contribution < 1.29 is 0 Å². The summed E-state index contributed by atoms with van der Waals surface area (Å²) in [6, 6.07) is 7.93.